The minimum atomic E-state index is -0.180. The third kappa shape index (κ3) is 4.66. The Balaban J connectivity index is 1.40. The summed E-state index contributed by atoms with van der Waals surface area (Å²) in [5, 5.41) is 6.33. The Morgan fingerprint density at radius 2 is 1.90 bits per heavy atom. The van der Waals surface area contributed by atoms with Crippen LogP contribution >= 0.6 is 34.3 Å². The molecule has 0 saturated carbocycles. The van der Waals surface area contributed by atoms with Crippen molar-refractivity contribution in [1.82, 2.24) is 14.8 Å². The molecule has 9 heteroatoms. The standard InChI is InChI=1S/C21H21ClN4O2S2/c1-14-18(30-19(23-14)17-7-3-12-29-17)20(27)25-8-4-9-26(11-10-25)21(28)24-16-6-2-5-15(22)13-16/h2-3,5-7,12-13H,4,8-11H2,1H3,(H,24,28). The van der Waals surface area contributed by atoms with Crippen LogP contribution in [-0.2, 0) is 0 Å². The van der Waals surface area contributed by atoms with E-state index in [1.165, 1.54) is 11.3 Å². The maximum Gasteiger partial charge on any atom is 0.321 e. The fraction of sp³-hybridized carbons (Fsp3) is 0.286. The molecule has 3 aromatic rings. The summed E-state index contributed by atoms with van der Waals surface area (Å²) in [6, 6.07) is 10.9. The molecule has 0 spiro atoms. The number of aryl methyl sites for hydroxylation is 1. The van der Waals surface area contributed by atoms with E-state index in [1.54, 1.807) is 40.5 Å². The highest BCUT2D eigenvalue weighted by atomic mass is 35.5. The number of hydrogen-bond acceptors (Lipinski definition) is 5. The van der Waals surface area contributed by atoms with Crippen molar-refractivity contribution in [2.75, 3.05) is 31.5 Å². The largest absolute Gasteiger partial charge is 0.336 e. The summed E-state index contributed by atoms with van der Waals surface area (Å²) in [7, 11) is 0. The average molecular weight is 461 g/mol. The van der Waals surface area contributed by atoms with Gasteiger partial charge in [-0.3, -0.25) is 4.79 Å². The molecule has 4 rings (SSSR count). The Hall–Kier alpha value is -2.42. The summed E-state index contributed by atoms with van der Waals surface area (Å²) in [5.41, 5.74) is 1.42. The number of anilines is 1. The molecule has 0 unspecified atom stereocenters. The Bertz CT molecular complexity index is 1050. The highest BCUT2D eigenvalue weighted by Gasteiger charge is 2.26. The highest BCUT2D eigenvalue weighted by Crippen LogP contribution is 2.31. The van der Waals surface area contributed by atoms with E-state index >= 15 is 0 Å². The van der Waals surface area contributed by atoms with Gasteiger partial charge in [-0.2, -0.15) is 0 Å². The molecule has 1 N–H and O–H groups in total. The number of rotatable bonds is 3. The van der Waals surface area contributed by atoms with Crippen molar-refractivity contribution < 1.29 is 9.59 Å². The molecule has 6 nitrogen and oxygen atoms in total. The zero-order valence-corrected chi connectivity index (χ0v) is 18.8. The average Bonchev–Trinajstić information content (AvgIpc) is 3.31. The van der Waals surface area contributed by atoms with Crippen molar-refractivity contribution in [3.05, 3.63) is 57.4 Å². The molecule has 0 radical (unpaired) electrons. The SMILES string of the molecule is Cc1nc(-c2cccs2)sc1C(=O)N1CCCN(C(=O)Nc2cccc(Cl)c2)CC1. The lowest BCUT2D eigenvalue weighted by atomic mass is 10.3. The van der Waals surface area contributed by atoms with Crippen molar-refractivity contribution in [3.63, 3.8) is 0 Å². The zero-order chi connectivity index (χ0) is 21.1. The van der Waals surface area contributed by atoms with Gasteiger partial charge in [-0.25, -0.2) is 9.78 Å². The van der Waals surface area contributed by atoms with Crippen LogP contribution < -0.4 is 5.32 Å². The van der Waals surface area contributed by atoms with Crippen LogP contribution in [0.15, 0.2) is 41.8 Å². The summed E-state index contributed by atoms with van der Waals surface area (Å²) in [6.07, 6.45) is 0.727. The maximum atomic E-state index is 13.1. The van der Waals surface area contributed by atoms with Gasteiger partial charge in [-0.15, -0.1) is 22.7 Å². The van der Waals surface area contributed by atoms with E-state index in [0.717, 1.165) is 22.0 Å². The topological polar surface area (TPSA) is 65.5 Å². The van der Waals surface area contributed by atoms with Gasteiger partial charge in [0.25, 0.3) is 5.91 Å². The summed E-state index contributed by atoms with van der Waals surface area (Å²) in [4.78, 5) is 35.7. The monoisotopic (exact) mass is 460 g/mol. The lowest BCUT2D eigenvalue weighted by molar-refractivity contribution is 0.0766. The van der Waals surface area contributed by atoms with Crippen molar-refractivity contribution in [1.29, 1.82) is 0 Å². The number of hydrogen-bond donors (Lipinski definition) is 1. The fourth-order valence-electron chi connectivity index (χ4n) is 3.34. The highest BCUT2D eigenvalue weighted by molar-refractivity contribution is 7.22. The third-order valence-corrected chi connectivity index (χ3v) is 7.29. The quantitative estimate of drug-likeness (QED) is 0.583. The van der Waals surface area contributed by atoms with Crippen LogP contribution in [0.2, 0.25) is 5.02 Å². The van der Waals surface area contributed by atoms with Crippen LogP contribution in [0.3, 0.4) is 0 Å². The van der Waals surface area contributed by atoms with E-state index in [1.807, 2.05) is 29.3 Å². The van der Waals surface area contributed by atoms with Crippen LogP contribution in [0, 0.1) is 6.92 Å². The first kappa shape index (κ1) is 20.8. The molecule has 1 saturated heterocycles. The predicted molar refractivity (Wildman–Crippen MR) is 123 cm³/mol. The molecule has 156 valence electrons. The Morgan fingerprint density at radius 1 is 1.10 bits per heavy atom. The number of benzene rings is 1. The first-order chi connectivity index (χ1) is 14.5. The van der Waals surface area contributed by atoms with E-state index in [9.17, 15) is 9.59 Å². The Kier molecular flexibility index (Phi) is 6.36. The van der Waals surface area contributed by atoms with Crippen molar-refractivity contribution in [2.24, 2.45) is 0 Å². The van der Waals surface area contributed by atoms with Crippen LogP contribution in [-0.4, -0.2) is 52.9 Å². The fourth-order valence-corrected chi connectivity index (χ4v) is 5.36. The minimum absolute atomic E-state index is 0.00935. The second-order valence-corrected chi connectivity index (χ2v) is 9.37. The lowest BCUT2D eigenvalue weighted by Crippen LogP contribution is -2.39. The van der Waals surface area contributed by atoms with Crippen LogP contribution in [0.4, 0.5) is 10.5 Å². The van der Waals surface area contributed by atoms with Crippen LogP contribution in [0.25, 0.3) is 9.88 Å². The zero-order valence-electron chi connectivity index (χ0n) is 16.4. The number of nitrogens with one attached hydrogen (secondary N) is 1. The number of aromatic nitrogens is 1. The van der Waals surface area contributed by atoms with Gasteiger partial charge in [0.2, 0.25) is 0 Å². The molecule has 2 aromatic heterocycles. The van der Waals surface area contributed by atoms with E-state index in [0.29, 0.717) is 41.8 Å². The normalized spacial score (nSPS) is 14.5. The predicted octanol–water partition coefficient (Wildman–Crippen LogP) is 5.21. The molecule has 1 fully saturated rings. The third-order valence-electron chi connectivity index (χ3n) is 4.87. The molecule has 0 aliphatic carbocycles. The van der Waals surface area contributed by atoms with E-state index in [2.05, 4.69) is 10.3 Å². The number of thiophene rings is 1. The number of thiazole rings is 1. The molecular formula is C21H21ClN4O2S2. The van der Waals surface area contributed by atoms with Gasteiger partial charge in [0.05, 0.1) is 10.6 Å². The van der Waals surface area contributed by atoms with Crippen LogP contribution in [0.1, 0.15) is 21.8 Å². The molecular weight excluding hydrogens is 440 g/mol. The second kappa shape index (κ2) is 9.16. The number of halogens is 1. The van der Waals surface area contributed by atoms with Crippen LogP contribution in [0.5, 0.6) is 0 Å². The molecule has 0 atom stereocenters. The molecule has 0 bridgehead atoms. The molecule has 3 amide bonds. The van der Waals surface area contributed by atoms with Crippen molar-refractivity contribution >= 4 is 51.9 Å². The summed E-state index contributed by atoms with van der Waals surface area (Å²) in [5.74, 6) is -0.00935. The Labute approximate surface area is 188 Å². The Morgan fingerprint density at radius 3 is 2.67 bits per heavy atom. The maximum absolute atomic E-state index is 13.1. The number of carbonyl (C=O) groups excluding carboxylic acids is 2. The van der Waals surface area contributed by atoms with E-state index in [4.69, 9.17) is 11.6 Å². The molecule has 3 heterocycles. The van der Waals surface area contributed by atoms with Crippen molar-refractivity contribution in [3.8, 4) is 9.88 Å². The molecule has 1 aliphatic heterocycles. The number of carbonyl (C=O) groups is 2. The first-order valence-corrected chi connectivity index (χ1v) is 11.7. The molecule has 1 aliphatic rings. The van der Waals surface area contributed by atoms with Gasteiger partial charge in [-0.05, 0) is 43.0 Å². The number of nitrogens with zero attached hydrogens (tertiary/aromatic N) is 3. The molecule has 30 heavy (non-hydrogen) atoms. The second-order valence-electron chi connectivity index (χ2n) is 6.98. The van der Waals surface area contributed by atoms with Gasteiger partial charge >= 0.3 is 6.03 Å². The van der Waals surface area contributed by atoms with Gasteiger partial charge < -0.3 is 15.1 Å². The van der Waals surface area contributed by atoms with Gasteiger partial charge in [0.1, 0.15) is 9.88 Å². The summed E-state index contributed by atoms with van der Waals surface area (Å²) in [6.45, 7) is 4.06. The van der Waals surface area contributed by atoms with E-state index < -0.39 is 0 Å². The summed E-state index contributed by atoms with van der Waals surface area (Å²) < 4.78 is 0. The lowest BCUT2D eigenvalue weighted by Gasteiger charge is -2.22. The first-order valence-electron chi connectivity index (χ1n) is 9.63. The minimum Gasteiger partial charge on any atom is -0.336 e. The molecule has 1 aromatic carbocycles. The number of amides is 3. The van der Waals surface area contributed by atoms with Gasteiger partial charge in [0, 0.05) is 36.9 Å². The number of urea groups is 1. The van der Waals surface area contributed by atoms with Gasteiger partial charge in [0.15, 0.2) is 0 Å². The summed E-state index contributed by atoms with van der Waals surface area (Å²) >= 11 is 9.04. The van der Waals surface area contributed by atoms with E-state index in [-0.39, 0.29) is 11.9 Å². The smallest absolute Gasteiger partial charge is 0.321 e. The van der Waals surface area contributed by atoms with Gasteiger partial charge in [-0.1, -0.05) is 23.7 Å². The van der Waals surface area contributed by atoms with Crippen molar-refractivity contribution in [2.45, 2.75) is 13.3 Å².